The number of hydrogen-bond acceptors (Lipinski definition) is 4. The molecule has 1 saturated heterocycles. The van der Waals surface area contributed by atoms with Crippen LogP contribution in [0.1, 0.15) is 30.9 Å². The van der Waals surface area contributed by atoms with Gasteiger partial charge >= 0.3 is 6.18 Å². The second-order valence-electron chi connectivity index (χ2n) is 7.02. The van der Waals surface area contributed by atoms with E-state index in [4.69, 9.17) is 9.47 Å². The highest BCUT2D eigenvalue weighted by atomic mass is 127. The quantitative estimate of drug-likeness (QED) is 0.278. The Kier molecular flexibility index (Phi) is 11.6. The van der Waals surface area contributed by atoms with Crippen molar-refractivity contribution in [3.8, 4) is 5.75 Å². The third-order valence-corrected chi connectivity index (χ3v) is 6.17. The minimum absolute atomic E-state index is 0. The first-order valence-corrected chi connectivity index (χ1v) is 10.7. The van der Waals surface area contributed by atoms with Crippen LogP contribution in [0.3, 0.4) is 0 Å². The summed E-state index contributed by atoms with van der Waals surface area (Å²) < 4.78 is 48.2. The lowest BCUT2D eigenvalue weighted by Gasteiger charge is -2.37. The van der Waals surface area contributed by atoms with Crippen LogP contribution in [0.4, 0.5) is 13.2 Å². The minimum atomic E-state index is -4.37. The Morgan fingerprint density at radius 3 is 2.57 bits per heavy atom. The lowest BCUT2D eigenvalue weighted by Crippen LogP contribution is -2.48. The van der Waals surface area contributed by atoms with E-state index < -0.39 is 12.8 Å². The maximum Gasteiger partial charge on any atom is 0.422 e. The van der Waals surface area contributed by atoms with Gasteiger partial charge in [-0.15, -0.1) is 24.0 Å². The Morgan fingerprint density at radius 2 is 1.97 bits per heavy atom. The molecular formula is C20H31F3IN3O2S. The number of guanidine groups is 1. The third-order valence-electron chi connectivity index (χ3n) is 4.72. The molecule has 1 aliphatic rings. The van der Waals surface area contributed by atoms with Gasteiger partial charge in [-0.25, -0.2) is 0 Å². The van der Waals surface area contributed by atoms with Crippen molar-refractivity contribution in [1.29, 1.82) is 0 Å². The van der Waals surface area contributed by atoms with Crippen LogP contribution in [0.15, 0.2) is 23.2 Å². The van der Waals surface area contributed by atoms with Gasteiger partial charge in [0.1, 0.15) is 5.75 Å². The van der Waals surface area contributed by atoms with E-state index in [1.165, 1.54) is 0 Å². The minimum Gasteiger partial charge on any atom is -0.484 e. The van der Waals surface area contributed by atoms with Crippen LogP contribution >= 0.6 is 35.7 Å². The first kappa shape index (κ1) is 27.2. The summed E-state index contributed by atoms with van der Waals surface area (Å²) in [6, 6.07) is 5.24. The van der Waals surface area contributed by atoms with Gasteiger partial charge in [-0.1, -0.05) is 19.1 Å². The number of thioether (sulfide) groups is 1. The molecule has 0 amide bonds. The van der Waals surface area contributed by atoms with E-state index in [9.17, 15) is 13.2 Å². The van der Waals surface area contributed by atoms with Gasteiger partial charge in [-0.05, 0) is 37.1 Å². The molecule has 5 nitrogen and oxygen atoms in total. The number of ether oxygens (including phenoxy) is 2. The average molecular weight is 561 g/mol. The summed E-state index contributed by atoms with van der Waals surface area (Å²) in [6.07, 6.45) is -2.42. The zero-order chi connectivity index (χ0) is 21.3. The molecule has 2 N–H and O–H groups in total. The highest BCUT2D eigenvalue weighted by Crippen LogP contribution is 2.34. The van der Waals surface area contributed by atoms with Gasteiger partial charge in [-0.2, -0.15) is 24.9 Å². The second kappa shape index (κ2) is 12.8. The standard InChI is InChI=1S/C20H30F3N3O2S.HI/c1-4-29-19(7-9-27-10-8-19)13-26-18(24-3)25-12-16-6-5-15(2)11-17(16)28-14-20(21,22)23;/h5-6,11H,4,7-10,12-14H2,1-3H3,(H2,24,25,26);1H. The van der Waals surface area contributed by atoms with E-state index in [1.807, 2.05) is 24.8 Å². The highest BCUT2D eigenvalue weighted by molar-refractivity contribution is 14.0. The van der Waals surface area contributed by atoms with Crippen LogP contribution < -0.4 is 15.4 Å². The van der Waals surface area contributed by atoms with Crippen molar-refractivity contribution in [2.75, 3.05) is 39.2 Å². The number of benzene rings is 1. The second-order valence-corrected chi connectivity index (χ2v) is 8.75. The molecule has 0 atom stereocenters. The largest absolute Gasteiger partial charge is 0.484 e. The first-order valence-electron chi connectivity index (χ1n) is 9.72. The molecule has 0 unspecified atom stereocenters. The Hall–Kier alpha value is -0.880. The van der Waals surface area contributed by atoms with Gasteiger partial charge in [-0.3, -0.25) is 4.99 Å². The molecule has 0 spiro atoms. The zero-order valence-electron chi connectivity index (χ0n) is 17.6. The molecule has 172 valence electrons. The van der Waals surface area contributed by atoms with Crippen LogP contribution in [-0.2, 0) is 11.3 Å². The molecule has 0 radical (unpaired) electrons. The van der Waals surface area contributed by atoms with Crippen LogP contribution in [0.2, 0.25) is 0 Å². The molecule has 0 saturated carbocycles. The number of halogens is 4. The lowest BCUT2D eigenvalue weighted by atomic mass is 9.99. The van der Waals surface area contributed by atoms with Gasteiger partial charge in [0.25, 0.3) is 0 Å². The molecule has 1 aromatic carbocycles. The molecule has 10 heteroatoms. The molecule has 1 aliphatic heterocycles. The third kappa shape index (κ3) is 9.09. The fourth-order valence-electron chi connectivity index (χ4n) is 3.17. The Balaban J connectivity index is 0.00000450. The van der Waals surface area contributed by atoms with Crippen molar-refractivity contribution in [1.82, 2.24) is 10.6 Å². The van der Waals surface area contributed by atoms with Crippen molar-refractivity contribution in [3.63, 3.8) is 0 Å². The van der Waals surface area contributed by atoms with E-state index in [0.717, 1.165) is 43.9 Å². The molecule has 1 heterocycles. The summed E-state index contributed by atoms with van der Waals surface area (Å²) in [6.45, 7) is 5.22. The first-order chi connectivity index (χ1) is 13.8. The van der Waals surface area contributed by atoms with Crippen LogP contribution in [0.5, 0.6) is 5.75 Å². The number of nitrogens with zero attached hydrogens (tertiary/aromatic N) is 1. The summed E-state index contributed by atoms with van der Waals surface area (Å²) in [5.41, 5.74) is 1.48. The van der Waals surface area contributed by atoms with Gasteiger partial charge in [0.2, 0.25) is 0 Å². The molecule has 2 rings (SSSR count). The highest BCUT2D eigenvalue weighted by Gasteiger charge is 2.33. The summed E-state index contributed by atoms with van der Waals surface area (Å²) >= 11 is 1.93. The van der Waals surface area contributed by atoms with Crippen molar-refractivity contribution in [2.45, 2.75) is 44.2 Å². The average Bonchev–Trinajstić information content (AvgIpc) is 2.68. The predicted molar refractivity (Wildman–Crippen MR) is 127 cm³/mol. The number of aliphatic imine (C=N–C) groups is 1. The number of hydrogen-bond donors (Lipinski definition) is 2. The van der Waals surface area contributed by atoms with Crippen molar-refractivity contribution >= 4 is 41.7 Å². The van der Waals surface area contributed by atoms with Crippen molar-refractivity contribution in [2.24, 2.45) is 4.99 Å². The topological polar surface area (TPSA) is 54.9 Å². The van der Waals surface area contributed by atoms with Gasteiger partial charge in [0.05, 0.1) is 0 Å². The maximum atomic E-state index is 12.5. The SMILES string of the molecule is CCSC1(CNC(=NC)NCc2ccc(C)cc2OCC(F)(F)F)CCOCC1.I. The van der Waals surface area contributed by atoms with Crippen LogP contribution in [0.25, 0.3) is 0 Å². The van der Waals surface area contributed by atoms with Gasteiger partial charge in [0.15, 0.2) is 12.6 Å². The molecule has 30 heavy (non-hydrogen) atoms. The smallest absolute Gasteiger partial charge is 0.422 e. The van der Waals surface area contributed by atoms with E-state index >= 15 is 0 Å². The number of nitrogens with one attached hydrogen (secondary N) is 2. The molecule has 1 fully saturated rings. The number of aryl methyl sites for hydroxylation is 1. The van der Waals surface area contributed by atoms with Crippen LogP contribution in [0, 0.1) is 6.92 Å². The fraction of sp³-hybridized carbons (Fsp3) is 0.650. The fourth-order valence-corrected chi connectivity index (χ4v) is 4.41. The normalized spacial score (nSPS) is 16.5. The van der Waals surface area contributed by atoms with Crippen molar-refractivity contribution in [3.05, 3.63) is 29.3 Å². The zero-order valence-corrected chi connectivity index (χ0v) is 20.7. The molecule has 0 aromatic heterocycles. The summed E-state index contributed by atoms with van der Waals surface area (Å²) in [5.74, 6) is 1.86. The monoisotopic (exact) mass is 561 g/mol. The van der Waals surface area contributed by atoms with E-state index in [0.29, 0.717) is 18.1 Å². The predicted octanol–water partition coefficient (Wildman–Crippen LogP) is 4.52. The lowest BCUT2D eigenvalue weighted by molar-refractivity contribution is -0.153. The number of rotatable bonds is 8. The molecule has 0 bridgehead atoms. The summed E-state index contributed by atoms with van der Waals surface area (Å²) in [5, 5.41) is 6.54. The van der Waals surface area contributed by atoms with E-state index in [1.54, 1.807) is 19.2 Å². The molecular weight excluding hydrogens is 530 g/mol. The van der Waals surface area contributed by atoms with Gasteiger partial charge < -0.3 is 20.1 Å². The molecule has 0 aliphatic carbocycles. The van der Waals surface area contributed by atoms with Gasteiger partial charge in [0, 0.05) is 43.7 Å². The van der Waals surface area contributed by atoms with E-state index in [2.05, 4.69) is 22.5 Å². The molecule has 1 aromatic rings. The Labute approximate surface area is 198 Å². The summed E-state index contributed by atoms with van der Waals surface area (Å²) in [7, 11) is 1.68. The number of alkyl halides is 3. The van der Waals surface area contributed by atoms with E-state index in [-0.39, 0.29) is 34.5 Å². The Bertz CT molecular complexity index is 678. The van der Waals surface area contributed by atoms with Crippen LogP contribution in [-0.4, -0.2) is 56.0 Å². The maximum absolute atomic E-state index is 12.5. The Morgan fingerprint density at radius 1 is 1.27 bits per heavy atom. The summed E-state index contributed by atoms with van der Waals surface area (Å²) in [4.78, 5) is 4.24. The van der Waals surface area contributed by atoms with Crippen molar-refractivity contribution < 1.29 is 22.6 Å².